The fraction of sp³-hybridized carbons (Fsp3) is 0.345. The highest BCUT2D eigenvalue weighted by Crippen LogP contribution is 2.32. The standard InChI is InChI=1S/C28H32FNO5S.CH4O3S/c1-4-36(33,34)13-12-35-25-14-19(2)28(20(3)15-25)23-7-5-6-21(16-23)18-30-24-10-8-22(26(29)17-24)9-11-27(31)32;1-5(2,3)4/h5-8,10,14-17,30H,4,9,11-13,18H2,1-3H3,(H,31,32);1H3,(H,2,3,4). The Labute approximate surface area is 241 Å². The van der Waals surface area contributed by atoms with E-state index in [0.29, 0.717) is 29.8 Å². The van der Waals surface area contributed by atoms with Gasteiger partial charge in [-0.05, 0) is 84.0 Å². The van der Waals surface area contributed by atoms with Crippen molar-refractivity contribution in [2.75, 3.05) is 29.7 Å². The summed E-state index contributed by atoms with van der Waals surface area (Å²) < 4.78 is 69.3. The van der Waals surface area contributed by atoms with Gasteiger partial charge in [0.2, 0.25) is 0 Å². The molecule has 0 atom stereocenters. The van der Waals surface area contributed by atoms with Gasteiger partial charge in [-0.1, -0.05) is 31.2 Å². The van der Waals surface area contributed by atoms with Crippen molar-refractivity contribution in [3.8, 4) is 16.9 Å². The fourth-order valence-corrected chi connectivity index (χ4v) is 4.66. The van der Waals surface area contributed by atoms with E-state index in [0.717, 1.165) is 27.8 Å². The Kier molecular flexibility index (Phi) is 12.3. The van der Waals surface area contributed by atoms with Crippen LogP contribution in [0.3, 0.4) is 0 Å². The lowest BCUT2D eigenvalue weighted by Gasteiger charge is -2.15. The Morgan fingerprint density at radius 1 is 1.00 bits per heavy atom. The minimum Gasteiger partial charge on any atom is -0.493 e. The van der Waals surface area contributed by atoms with Gasteiger partial charge < -0.3 is 15.2 Å². The number of halogens is 1. The number of carbonyl (C=O) groups is 1. The topological polar surface area (TPSA) is 147 Å². The molecule has 0 aliphatic heterocycles. The lowest BCUT2D eigenvalue weighted by molar-refractivity contribution is -0.136. The molecule has 3 aromatic rings. The van der Waals surface area contributed by atoms with E-state index in [2.05, 4.69) is 11.4 Å². The lowest BCUT2D eigenvalue weighted by atomic mass is 9.94. The number of carboxylic acid groups (broad SMARTS) is 1. The molecule has 0 spiro atoms. The highest BCUT2D eigenvalue weighted by molar-refractivity contribution is 7.91. The second-order valence-corrected chi connectivity index (χ2v) is 13.4. The van der Waals surface area contributed by atoms with Crippen LogP contribution in [-0.2, 0) is 37.7 Å². The molecule has 3 aromatic carbocycles. The summed E-state index contributed by atoms with van der Waals surface area (Å²) in [5, 5.41) is 12.0. The van der Waals surface area contributed by atoms with Crippen molar-refractivity contribution in [1.29, 1.82) is 0 Å². The smallest absolute Gasteiger partial charge is 0.303 e. The summed E-state index contributed by atoms with van der Waals surface area (Å²) in [5.74, 6) is -0.632. The van der Waals surface area contributed by atoms with E-state index < -0.39 is 31.7 Å². The molecule has 0 aromatic heterocycles. The van der Waals surface area contributed by atoms with Crippen LogP contribution in [0.2, 0.25) is 0 Å². The molecule has 0 aliphatic rings. The molecule has 224 valence electrons. The van der Waals surface area contributed by atoms with Crippen molar-refractivity contribution in [1.82, 2.24) is 0 Å². The molecule has 12 heteroatoms. The molecule has 9 nitrogen and oxygen atoms in total. The maximum Gasteiger partial charge on any atom is 0.303 e. The van der Waals surface area contributed by atoms with E-state index >= 15 is 0 Å². The summed E-state index contributed by atoms with van der Waals surface area (Å²) in [5.41, 5.74) is 6.19. The Morgan fingerprint density at radius 2 is 1.63 bits per heavy atom. The number of anilines is 1. The second-order valence-electron chi connectivity index (χ2n) is 9.50. The third-order valence-electron chi connectivity index (χ3n) is 5.98. The number of benzene rings is 3. The number of aliphatic carboxylic acids is 1. The maximum absolute atomic E-state index is 14.3. The van der Waals surface area contributed by atoms with Crippen LogP contribution in [0.15, 0.2) is 54.6 Å². The third kappa shape index (κ3) is 12.3. The van der Waals surface area contributed by atoms with E-state index in [4.69, 9.17) is 14.4 Å². The van der Waals surface area contributed by atoms with Gasteiger partial charge in [0.05, 0.1) is 12.0 Å². The van der Waals surface area contributed by atoms with Crippen LogP contribution in [0.4, 0.5) is 10.1 Å². The van der Waals surface area contributed by atoms with Crippen LogP contribution >= 0.6 is 0 Å². The predicted molar refractivity (Wildman–Crippen MR) is 158 cm³/mol. The predicted octanol–water partition coefficient (Wildman–Crippen LogP) is 5.06. The van der Waals surface area contributed by atoms with Gasteiger partial charge in [0, 0.05) is 24.4 Å². The first-order valence-corrected chi connectivity index (χ1v) is 16.4. The van der Waals surface area contributed by atoms with Gasteiger partial charge in [-0.25, -0.2) is 12.8 Å². The number of hydrogen-bond donors (Lipinski definition) is 3. The van der Waals surface area contributed by atoms with Gasteiger partial charge in [-0.3, -0.25) is 9.35 Å². The highest BCUT2D eigenvalue weighted by atomic mass is 32.2. The summed E-state index contributed by atoms with van der Waals surface area (Å²) in [7, 11) is -6.74. The van der Waals surface area contributed by atoms with E-state index in [-0.39, 0.29) is 31.0 Å². The van der Waals surface area contributed by atoms with Gasteiger partial charge in [0.25, 0.3) is 10.1 Å². The van der Waals surface area contributed by atoms with Gasteiger partial charge in [-0.15, -0.1) is 0 Å². The number of nitrogens with one attached hydrogen (secondary N) is 1. The zero-order chi connectivity index (χ0) is 30.8. The van der Waals surface area contributed by atoms with Crippen molar-refractivity contribution in [2.45, 2.75) is 40.2 Å². The first kappa shape index (κ1) is 33.7. The molecule has 0 saturated heterocycles. The number of sulfone groups is 1. The highest BCUT2D eigenvalue weighted by Gasteiger charge is 2.12. The molecule has 0 amide bonds. The van der Waals surface area contributed by atoms with E-state index in [9.17, 15) is 26.0 Å². The largest absolute Gasteiger partial charge is 0.493 e. The molecule has 0 radical (unpaired) electrons. The van der Waals surface area contributed by atoms with Crippen LogP contribution in [0.5, 0.6) is 5.75 Å². The quantitative estimate of drug-likeness (QED) is 0.240. The van der Waals surface area contributed by atoms with Crippen LogP contribution in [0.1, 0.15) is 35.6 Å². The first-order chi connectivity index (χ1) is 19.1. The van der Waals surface area contributed by atoms with Gasteiger partial charge in [0.15, 0.2) is 9.84 Å². The monoisotopic (exact) mass is 609 g/mol. The first-order valence-electron chi connectivity index (χ1n) is 12.8. The fourth-order valence-electron chi connectivity index (χ4n) is 4.04. The zero-order valence-electron chi connectivity index (χ0n) is 23.5. The number of aryl methyl sites for hydroxylation is 3. The summed E-state index contributed by atoms with van der Waals surface area (Å²) in [6.07, 6.45) is 0.764. The van der Waals surface area contributed by atoms with Crippen LogP contribution in [-0.4, -0.2) is 56.8 Å². The molecular weight excluding hydrogens is 573 g/mol. The molecule has 0 heterocycles. The minimum absolute atomic E-state index is 0.00659. The number of rotatable bonds is 12. The summed E-state index contributed by atoms with van der Waals surface area (Å²) in [6, 6.07) is 16.7. The third-order valence-corrected chi connectivity index (χ3v) is 7.65. The van der Waals surface area contributed by atoms with Crippen molar-refractivity contribution >= 4 is 31.6 Å². The average Bonchev–Trinajstić information content (AvgIpc) is 2.85. The van der Waals surface area contributed by atoms with Crippen LogP contribution in [0.25, 0.3) is 11.1 Å². The van der Waals surface area contributed by atoms with Crippen molar-refractivity contribution in [3.05, 3.63) is 82.7 Å². The number of ether oxygens (including phenoxy) is 1. The van der Waals surface area contributed by atoms with E-state index in [1.165, 1.54) is 6.07 Å². The van der Waals surface area contributed by atoms with Crippen LogP contribution in [0, 0.1) is 19.7 Å². The summed E-state index contributed by atoms with van der Waals surface area (Å²) in [4.78, 5) is 10.7. The minimum atomic E-state index is -3.67. The number of carboxylic acids is 1. The molecule has 0 unspecified atom stereocenters. The number of hydrogen-bond acceptors (Lipinski definition) is 7. The molecular formula is C29H36FNO8S2. The molecule has 0 aliphatic carbocycles. The second kappa shape index (κ2) is 14.9. The normalized spacial score (nSPS) is 11.4. The summed E-state index contributed by atoms with van der Waals surface area (Å²) in [6.45, 7) is 6.24. The lowest BCUT2D eigenvalue weighted by Crippen LogP contribution is -2.15. The molecule has 0 bridgehead atoms. The Bertz CT molecular complexity index is 1540. The Balaban J connectivity index is 0.00000108. The van der Waals surface area contributed by atoms with Gasteiger partial charge in [0.1, 0.15) is 18.2 Å². The summed E-state index contributed by atoms with van der Waals surface area (Å²) >= 11 is 0. The Morgan fingerprint density at radius 3 is 2.20 bits per heavy atom. The zero-order valence-corrected chi connectivity index (χ0v) is 25.1. The van der Waals surface area contributed by atoms with Gasteiger partial charge in [-0.2, -0.15) is 8.42 Å². The maximum atomic E-state index is 14.3. The van der Waals surface area contributed by atoms with Crippen molar-refractivity contribution < 1.29 is 40.4 Å². The molecule has 3 N–H and O–H groups in total. The van der Waals surface area contributed by atoms with Crippen LogP contribution < -0.4 is 10.1 Å². The SMILES string of the molecule is CCS(=O)(=O)CCOc1cc(C)c(-c2cccc(CNc3ccc(CCC(=O)O)c(F)c3)c2)c(C)c1.CS(=O)(=O)O. The van der Waals surface area contributed by atoms with Gasteiger partial charge >= 0.3 is 5.97 Å². The van der Waals surface area contributed by atoms with E-state index in [1.807, 2.05) is 44.2 Å². The Hall–Kier alpha value is -3.48. The van der Waals surface area contributed by atoms with E-state index in [1.54, 1.807) is 19.1 Å². The molecule has 3 rings (SSSR count). The molecule has 0 fully saturated rings. The molecule has 0 saturated carbocycles. The van der Waals surface area contributed by atoms with Crippen molar-refractivity contribution in [2.24, 2.45) is 0 Å². The average molecular weight is 610 g/mol. The van der Waals surface area contributed by atoms with Crippen molar-refractivity contribution in [3.63, 3.8) is 0 Å². The molecule has 41 heavy (non-hydrogen) atoms.